The monoisotopic (exact) mass is 318 g/mol. The lowest BCUT2D eigenvalue weighted by Crippen LogP contribution is -2.37. The molecule has 1 heterocycles. The number of esters is 1. The molecule has 7 heteroatoms. The number of hydrogen-bond acceptors (Lipinski definition) is 5. The summed E-state index contributed by atoms with van der Waals surface area (Å²) in [6.45, 7) is 2.15. The number of ether oxygens (including phenoxy) is 2. The van der Waals surface area contributed by atoms with Gasteiger partial charge in [0.05, 0.1) is 6.61 Å². The Labute approximate surface area is 132 Å². The van der Waals surface area contributed by atoms with Gasteiger partial charge in [0.15, 0.2) is 6.10 Å². The number of aromatic nitrogens is 1. The summed E-state index contributed by atoms with van der Waals surface area (Å²) in [5.74, 6) is -1.19. The molecule has 1 atom stereocenters. The number of benzene rings is 1. The molecule has 23 heavy (non-hydrogen) atoms. The molecule has 2 aromatic rings. The fourth-order valence-electron chi connectivity index (χ4n) is 2.02. The van der Waals surface area contributed by atoms with Gasteiger partial charge in [-0.2, -0.15) is 0 Å². The molecule has 1 aromatic carbocycles. The van der Waals surface area contributed by atoms with Gasteiger partial charge in [0.1, 0.15) is 5.69 Å². The van der Waals surface area contributed by atoms with Crippen LogP contribution in [0.4, 0.5) is 0 Å². The summed E-state index contributed by atoms with van der Waals surface area (Å²) in [7, 11) is 1.52. The van der Waals surface area contributed by atoms with Gasteiger partial charge in [-0.15, -0.1) is 0 Å². The number of amides is 1. The molecule has 0 aliphatic carbocycles. The minimum atomic E-state index is -0.977. The van der Waals surface area contributed by atoms with Crippen molar-refractivity contribution in [3.63, 3.8) is 0 Å². The van der Waals surface area contributed by atoms with Crippen molar-refractivity contribution in [2.24, 2.45) is 0 Å². The third-order valence-electron chi connectivity index (χ3n) is 3.23. The van der Waals surface area contributed by atoms with Crippen LogP contribution in [-0.4, -0.2) is 43.2 Å². The molecule has 0 aliphatic heterocycles. The first-order valence-corrected chi connectivity index (χ1v) is 7.12. The van der Waals surface area contributed by atoms with E-state index in [9.17, 15) is 14.4 Å². The van der Waals surface area contributed by atoms with Crippen LogP contribution >= 0.6 is 0 Å². The SMILES string of the molecule is COCCNC(=O)[C@@H](C)OC(=O)c1cc2ccccc2c(=O)[nH]1. The van der Waals surface area contributed by atoms with Gasteiger partial charge in [0, 0.05) is 19.0 Å². The van der Waals surface area contributed by atoms with E-state index in [1.54, 1.807) is 24.3 Å². The lowest BCUT2D eigenvalue weighted by atomic mass is 10.1. The number of aromatic amines is 1. The minimum absolute atomic E-state index is 0.00485. The molecule has 0 aliphatic rings. The Bertz CT molecular complexity index is 768. The maximum absolute atomic E-state index is 12.1. The van der Waals surface area contributed by atoms with Crippen molar-refractivity contribution >= 4 is 22.6 Å². The summed E-state index contributed by atoms with van der Waals surface area (Å²) < 4.78 is 9.89. The molecule has 1 amide bonds. The van der Waals surface area contributed by atoms with Gasteiger partial charge in [0.2, 0.25) is 0 Å². The van der Waals surface area contributed by atoms with Gasteiger partial charge in [-0.25, -0.2) is 4.79 Å². The topological polar surface area (TPSA) is 97.5 Å². The van der Waals surface area contributed by atoms with Crippen molar-refractivity contribution in [2.45, 2.75) is 13.0 Å². The Kier molecular flexibility index (Phi) is 5.48. The van der Waals surface area contributed by atoms with Gasteiger partial charge in [-0.3, -0.25) is 9.59 Å². The molecule has 0 fully saturated rings. The van der Waals surface area contributed by atoms with E-state index in [1.807, 2.05) is 0 Å². The highest BCUT2D eigenvalue weighted by Gasteiger charge is 2.19. The van der Waals surface area contributed by atoms with Gasteiger partial charge in [0.25, 0.3) is 11.5 Å². The van der Waals surface area contributed by atoms with Crippen LogP contribution in [0.25, 0.3) is 10.8 Å². The number of hydrogen-bond donors (Lipinski definition) is 2. The zero-order valence-corrected chi connectivity index (χ0v) is 12.9. The number of methoxy groups -OCH3 is 1. The van der Waals surface area contributed by atoms with E-state index in [4.69, 9.17) is 9.47 Å². The Morgan fingerprint density at radius 1 is 1.30 bits per heavy atom. The first kappa shape index (κ1) is 16.7. The van der Waals surface area contributed by atoms with Crippen molar-refractivity contribution in [3.8, 4) is 0 Å². The van der Waals surface area contributed by atoms with E-state index < -0.39 is 18.0 Å². The predicted octanol–water partition coefficient (Wildman–Crippen LogP) is 0.836. The molecule has 0 spiro atoms. The molecule has 0 saturated heterocycles. The standard InChI is InChI=1S/C16H18N2O5/c1-10(14(19)17-7-8-22-2)23-16(21)13-9-11-5-3-4-6-12(11)15(20)18-13/h3-6,9-10H,7-8H2,1-2H3,(H,17,19)(H,18,20)/t10-/m1/s1. The highest BCUT2D eigenvalue weighted by atomic mass is 16.5. The molecular formula is C16H18N2O5. The minimum Gasteiger partial charge on any atom is -0.448 e. The summed E-state index contributed by atoms with van der Waals surface area (Å²) in [6.07, 6.45) is -0.977. The van der Waals surface area contributed by atoms with Crippen LogP contribution in [0.3, 0.4) is 0 Å². The van der Waals surface area contributed by atoms with Crippen LogP contribution in [0.2, 0.25) is 0 Å². The molecular weight excluding hydrogens is 300 g/mol. The van der Waals surface area contributed by atoms with Gasteiger partial charge >= 0.3 is 5.97 Å². The molecule has 0 unspecified atom stereocenters. The van der Waals surface area contributed by atoms with Gasteiger partial charge in [-0.1, -0.05) is 18.2 Å². The number of fused-ring (bicyclic) bond motifs is 1. The quantitative estimate of drug-likeness (QED) is 0.607. The lowest BCUT2D eigenvalue weighted by molar-refractivity contribution is -0.129. The average Bonchev–Trinajstić information content (AvgIpc) is 2.54. The predicted molar refractivity (Wildman–Crippen MR) is 84.3 cm³/mol. The number of pyridine rings is 1. The molecule has 2 N–H and O–H groups in total. The third kappa shape index (κ3) is 4.17. The summed E-state index contributed by atoms with van der Waals surface area (Å²) >= 11 is 0. The number of carbonyl (C=O) groups excluding carboxylic acids is 2. The second kappa shape index (κ2) is 7.55. The molecule has 1 aromatic heterocycles. The second-order valence-electron chi connectivity index (χ2n) is 4.93. The van der Waals surface area contributed by atoms with E-state index in [2.05, 4.69) is 10.3 Å². The Balaban J connectivity index is 2.08. The van der Waals surface area contributed by atoms with Crippen molar-refractivity contribution in [2.75, 3.05) is 20.3 Å². The van der Waals surface area contributed by atoms with E-state index in [1.165, 1.54) is 20.1 Å². The normalized spacial score (nSPS) is 11.9. The first-order chi connectivity index (χ1) is 11.0. The summed E-state index contributed by atoms with van der Waals surface area (Å²) in [5, 5.41) is 3.67. The zero-order valence-electron chi connectivity index (χ0n) is 12.9. The lowest BCUT2D eigenvalue weighted by Gasteiger charge is -2.13. The molecule has 0 bridgehead atoms. The highest BCUT2D eigenvalue weighted by molar-refractivity contribution is 5.94. The third-order valence-corrected chi connectivity index (χ3v) is 3.23. The van der Waals surface area contributed by atoms with E-state index in [-0.39, 0.29) is 11.3 Å². The average molecular weight is 318 g/mol. The second-order valence-corrected chi connectivity index (χ2v) is 4.93. The van der Waals surface area contributed by atoms with Crippen molar-refractivity contribution in [1.29, 1.82) is 0 Å². The highest BCUT2D eigenvalue weighted by Crippen LogP contribution is 2.11. The molecule has 0 saturated carbocycles. The summed E-state index contributed by atoms with van der Waals surface area (Å²) in [4.78, 5) is 38.2. The van der Waals surface area contributed by atoms with Gasteiger partial charge in [-0.05, 0) is 24.4 Å². The van der Waals surface area contributed by atoms with E-state index in [0.717, 1.165) is 0 Å². The fourth-order valence-corrected chi connectivity index (χ4v) is 2.02. The Morgan fingerprint density at radius 2 is 2.04 bits per heavy atom. The smallest absolute Gasteiger partial charge is 0.355 e. The van der Waals surface area contributed by atoms with Crippen molar-refractivity contribution in [1.82, 2.24) is 10.3 Å². The van der Waals surface area contributed by atoms with Crippen LogP contribution in [0.5, 0.6) is 0 Å². The molecule has 2 rings (SSSR count). The van der Waals surface area contributed by atoms with Gasteiger partial charge < -0.3 is 19.8 Å². The Hall–Kier alpha value is -2.67. The van der Waals surface area contributed by atoms with Crippen molar-refractivity contribution < 1.29 is 19.1 Å². The largest absolute Gasteiger partial charge is 0.448 e. The molecule has 7 nitrogen and oxygen atoms in total. The maximum atomic E-state index is 12.1. The number of H-pyrrole nitrogens is 1. The van der Waals surface area contributed by atoms with E-state index in [0.29, 0.717) is 23.9 Å². The number of nitrogens with one attached hydrogen (secondary N) is 2. The molecule has 122 valence electrons. The van der Waals surface area contributed by atoms with E-state index >= 15 is 0 Å². The molecule has 0 radical (unpaired) electrons. The number of rotatable bonds is 6. The van der Waals surface area contributed by atoms with Crippen LogP contribution < -0.4 is 10.9 Å². The maximum Gasteiger partial charge on any atom is 0.355 e. The summed E-state index contributed by atoms with van der Waals surface area (Å²) in [6, 6.07) is 8.41. The zero-order chi connectivity index (χ0) is 16.8. The fraction of sp³-hybridized carbons (Fsp3) is 0.312. The van der Waals surface area contributed by atoms with Crippen LogP contribution in [-0.2, 0) is 14.3 Å². The summed E-state index contributed by atoms with van der Waals surface area (Å²) in [5.41, 5.74) is -0.377. The van der Waals surface area contributed by atoms with Crippen LogP contribution in [0.1, 0.15) is 17.4 Å². The van der Waals surface area contributed by atoms with Crippen LogP contribution in [0, 0.1) is 0 Å². The van der Waals surface area contributed by atoms with Crippen LogP contribution in [0.15, 0.2) is 35.1 Å². The first-order valence-electron chi connectivity index (χ1n) is 7.12. The number of carbonyl (C=O) groups is 2. The Morgan fingerprint density at radius 3 is 2.78 bits per heavy atom. The van der Waals surface area contributed by atoms with Crippen molar-refractivity contribution in [3.05, 3.63) is 46.4 Å².